The zero-order valence-corrected chi connectivity index (χ0v) is 14.1. The number of quaternary nitrogens is 1. The van der Waals surface area contributed by atoms with E-state index in [1.807, 2.05) is 30.3 Å². The van der Waals surface area contributed by atoms with Gasteiger partial charge in [0, 0.05) is 12.1 Å². The molecule has 0 fully saturated rings. The number of allylic oxidation sites excluding steroid dienone is 1. The van der Waals surface area contributed by atoms with E-state index in [1.165, 1.54) is 24.3 Å². The van der Waals surface area contributed by atoms with Crippen molar-refractivity contribution in [3.63, 3.8) is 0 Å². The van der Waals surface area contributed by atoms with Crippen molar-refractivity contribution in [2.75, 3.05) is 11.9 Å². The van der Waals surface area contributed by atoms with Crippen LogP contribution in [0, 0.1) is 5.82 Å². The van der Waals surface area contributed by atoms with Crippen molar-refractivity contribution in [1.82, 2.24) is 5.32 Å². The van der Waals surface area contributed by atoms with Crippen LogP contribution in [0.4, 0.5) is 20.6 Å². The molecule has 1 aliphatic heterocycles. The molecule has 2 amide bonds. The number of carbonyl (C=O) groups is 1. The number of hydrogen-bond donors (Lipinski definition) is 3. The minimum Gasteiger partial charge on any atom is -0.438 e. The highest BCUT2D eigenvalue weighted by Crippen LogP contribution is 2.16. The van der Waals surface area contributed by atoms with Crippen LogP contribution in [-0.4, -0.2) is 12.6 Å². The number of urea groups is 1. The Morgan fingerprint density at radius 2 is 1.84 bits per heavy atom. The number of hydrogen-bond acceptors (Lipinski definition) is 1. The Morgan fingerprint density at radius 1 is 1.12 bits per heavy atom. The van der Waals surface area contributed by atoms with Crippen molar-refractivity contribution < 1.29 is 14.2 Å². The summed E-state index contributed by atoms with van der Waals surface area (Å²) in [6, 6.07) is 15.3. The molecule has 1 aliphatic rings. The molecule has 0 saturated heterocycles. The van der Waals surface area contributed by atoms with Crippen LogP contribution in [0.15, 0.2) is 66.0 Å². The topological polar surface area (TPSA) is 59.7 Å². The van der Waals surface area contributed by atoms with Crippen molar-refractivity contribution in [2.24, 2.45) is 0 Å². The van der Waals surface area contributed by atoms with E-state index in [2.05, 4.69) is 23.0 Å². The summed E-state index contributed by atoms with van der Waals surface area (Å²) in [7, 11) is 0. The lowest BCUT2D eigenvalue weighted by atomic mass is 10.2. The van der Waals surface area contributed by atoms with Gasteiger partial charge in [-0.05, 0) is 42.8 Å². The van der Waals surface area contributed by atoms with E-state index in [9.17, 15) is 9.18 Å². The SMILES string of the molecule is CCCC1=C(NC(=O)Nc2ccc(F)cc2)C[N-][NH+]1c1ccccc1. The van der Waals surface area contributed by atoms with Crippen molar-refractivity contribution in [3.8, 4) is 0 Å². The minimum absolute atomic E-state index is 0.337. The molecule has 2 aromatic rings. The summed E-state index contributed by atoms with van der Waals surface area (Å²) in [6.07, 6.45) is 1.81. The third-order valence-electron chi connectivity index (χ3n) is 3.96. The van der Waals surface area contributed by atoms with E-state index in [0.29, 0.717) is 12.2 Å². The number of rotatable bonds is 5. The molecule has 1 atom stereocenters. The summed E-state index contributed by atoms with van der Waals surface area (Å²) >= 11 is 0. The van der Waals surface area contributed by atoms with E-state index < -0.39 is 0 Å². The summed E-state index contributed by atoms with van der Waals surface area (Å²) in [4.78, 5) is 12.2. The first-order valence-electron chi connectivity index (χ1n) is 8.33. The first-order chi connectivity index (χ1) is 12.2. The van der Waals surface area contributed by atoms with Crippen molar-refractivity contribution in [1.29, 1.82) is 0 Å². The summed E-state index contributed by atoms with van der Waals surface area (Å²) in [5, 5.41) is 6.55. The Labute approximate surface area is 146 Å². The number of carbonyl (C=O) groups excluding carboxylic acids is 1. The van der Waals surface area contributed by atoms with Gasteiger partial charge in [-0.15, -0.1) is 0 Å². The molecule has 2 aromatic carbocycles. The first kappa shape index (κ1) is 17.1. The van der Waals surface area contributed by atoms with Crippen LogP contribution >= 0.6 is 0 Å². The number of nitrogens with one attached hydrogen (secondary N) is 3. The Hall–Kier alpha value is -2.70. The van der Waals surface area contributed by atoms with Gasteiger partial charge in [-0.3, -0.25) is 0 Å². The highest BCUT2D eigenvalue weighted by molar-refractivity contribution is 5.90. The van der Waals surface area contributed by atoms with Crippen LogP contribution in [0.3, 0.4) is 0 Å². The molecule has 1 unspecified atom stereocenters. The van der Waals surface area contributed by atoms with E-state index in [1.54, 1.807) is 0 Å². The summed E-state index contributed by atoms with van der Waals surface area (Å²) in [6.45, 7) is 2.56. The summed E-state index contributed by atoms with van der Waals surface area (Å²) < 4.78 is 12.9. The molecule has 0 aliphatic carbocycles. The molecule has 0 spiro atoms. The number of amides is 2. The molecule has 3 rings (SSSR count). The Bertz CT molecular complexity index is 759. The van der Waals surface area contributed by atoms with Crippen LogP contribution in [0.1, 0.15) is 19.8 Å². The average Bonchev–Trinajstić information content (AvgIpc) is 3.00. The number of nitrogens with zero attached hydrogens (tertiary/aromatic N) is 1. The molecule has 6 heteroatoms. The van der Waals surface area contributed by atoms with Crippen LogP contribution < -0.4 is 15.6 Å². The molecule has 0 aromatic heterocycles. The second-order valence-electron chi connectivity index (χ2n) is 5.82. The molecule has 3 N–H and O–H groups in total. The van der Waals surface area contributed by atoms with Gasteiger partial charge in [0.1, 0.15) is 17.2 Å². The third kappa shape index (κ3) is 4.23. The van der Waals surface area contributed by atoms with Gasteiger partial charge in [0.05, 0.1) is 5.70 Å². The van der Waals surface area contributed by atoms with Crippen molar-refractivity contribution >= 4 is 17.4 Å². The fraction of sp³-hybridized carbons (Fsp3) is 0.211. The molecular weight excluding hydrogens is 319 g/mol. The summed E-state index contributed by atoms with van der Waals surface area (Å²) in [5.74, 6) is -0.337. The lowest BCUT2D eigenvalue weighted by molar-refractivity contribution is -0.744. The van der Waals surface area contributed by atoms with E-state index in [0.717, 1.165) is 34.9 Å². The van der Waals surface area contributed by atoms with Gasteiger partial charge >= 0.3 is 6.03 Å². The lowest BCUT2D eigenvalue weighted by Gasteiger charge is -2.25. The average molecular weight is 340 g/mol. The fourth-order valence-corrected chi connectivity index (χ4v) is 2.82. The number of halogens is 1. The molecule has 0 radical (unpaired) electrons. The first-order valence-corrected chi connectivity index (χ1v) is 8.33. The van der Waals surface area contributed by atoms with Gasteiger partial charge in [0.15, 0.2) is 0 Å². The zero-order valence-electron chi connectivity index (χ0n) is 14.1. The minimum atomic E-state index is -0.347. The lowest BCUT2D eigenvalue weighted by Crippen LogP contribution is -2.99. The van der Waals surface area contributed by atoms with Gasteiger partial charge in [0.2, 0.25) is 0 Å². The smallest absolute Gasteiger partial charge is 0.323 e. The second kappa shape index (κ2) is 7.92. The molecule has 5 nitrogen and oxygen atoms in total. The zero-order chi connectivity index (χ0) is 17.6. The molecule has 25 heavy (non-hydrogen) atoms. The predicted octanol–water partition coefficient (Wildman–Crippen LogP) is 3.48. The predicted molar refractivity (Wildman–Crippen MR) is 95.8 cm³/mol. The normalized spacial score (nSPS) is 16.8. The number of benzene rings is 2. The van der Waals surface area contributed by atoms with E-state index >= 15 is 0 Å². The van der Waals surface area contributed by atoms with Gasteiger partial charge in [-0.25, -0.2) is 9.18 Å². The molecule has 1 heterocycles. The Kier molecular flexibility index (Phi) is 5.42. The van der Waals surface area contributed by atoms with Crippen LogP contribution in [-0.2, 0) is 0 Å². The second-order valence-corrected chi connectivity index (χ2v) is 5.82. The van der Waals surface area contributed by atoms with Gasteiger partial charge < -0.3 is 21.1 Å². The Morgan fingerprint density at radius 3 is 2.52 bits per heavy atom. The van der Waals surface area contributed by atoms with E-state index in [4.69, 9.17) is 0 Å². The van der Waals surface area contributed by atoms with Gasteiger partial charge in [0.25, 0.3) is 0 Å². The maximum absolute atomic E-state index is 12.9. The molecule has 130 valence electrons. The van der Waals surface area contributed by atoms with Crippen LogP contribution in [0.2, 0.25) is 0 Å². The van der Waals surface area contributed by atoms with E-state index in [-0.39, 0.29) is 11.8 Å². The molecule has 0 saturated carbocycles. The third-order valence-corrected chi connectivity index (χ3v) is 3.96. The quantitative estimate of drug-likeness (QED) is 0.767. The largest absolute Gasteiger partial charge is 0.438 e. The number of para-hydroxylation sites is 1. The standard InChI is InChI=1S/C19H21FN4O/c1-2-6-18-17(13-21-24(18)16-7-4-3-5-8-16)23-19(25)22-15-11-9-14(20)10-12-15/h3-5,7-12,24H,2,6,13H2,1H3,(H2,22,23,25). The Balaban J connectivity index is 1.73. The van der Waals surface area contributed by atoms with Gasteiger partial charge in [-0.2, -0.15) is 0 Å². The van der Waals surface area contributed by atoms with Crippen LogP contribution in [0.25, 0.3) is 5.43 Å². The summed E-state index contributed by atoms with van der Waals surface area (Å²) in [5.41, 5.74) is 8.10. The van der Waals surface area contributed by atoms with Crippen LogP contribution in [0.5, 0.6) is 0 Å². The number of anilines is 1. The highest BCUT2D eigenvalue weighted by Gasteiger charge is 2.22. The highest BCUT2D eigenvalue weighted by atomic mass is 19.1. The fourth-order valence-electron chi connectivity index (χ4n) is 2.82. The van der Waals surface area contributed by atoms with Crippen molar-refractivity contribution in [3.05, 3.63) is 77.2 Å². The monoisotopic (exact) mass is 340 g/mol. The molecule has 0 bridgehead atoms. The maximum atomic E-state index is 12.9. The molecular formula is C19H21FN4O. The van der Waals surface area contributed by atoms with Gasteiger partial charge in [-0.1, -0.05) is 31.7 Å². The maximum Gasteiger partial charge on any atom is 0.323 e. The van der Waals surface area contributed by atoms with Crippen molar-refractivity contribution in [2.45, 2.75) is 19.8 Å².